The second kappa shape index (κ2) is 4.14. The van der Waals surface area contributed by atoms with E-state index in [0.717, 1.165) is 5.92 Å². The van der Waals surface area contributed by atoms with Gasteiger partial charge in [-0.3, -0.25) is 0 Å². The molecule has 1 N–H and O–H groups in total. The van der Waals surface area contributed by atoms with E-state index in [1.54, 1.807) is 0 Å². The van der Waals surface area contributed by atoms with E-state index in [4.69, 9.17) is 0 Å². The van der Waals surface area contributed by atoms with Crippen molar-refractivity contribution in [3.05, 3.63) is 35.9 Å². The molecule has 1 aromatic carbocycles. The normalized spacial score (nSPS) is 20.4. The summed E-state index contributed by atoms with van der Waals surface area (Å²) in [6.07, 6.45) is 2.82. The Hall–Kier alpha value is -0.820. The highest BCUT2D eigenvalue weighted by atomic mass is 15.0. The summed E-state index contributed by atoms with van der Waals surface area (Å²) in [7, 11) is 0. The first-order valence-corrected chi connectivity index (χ1v) is 5.58. The van der Waals surface area contributed by atoms with Crippen molar-refractivity contribution in [3.63, 3.8) is 0 Å². The SMILES string of the molecule is C[C@H](N[C@@H](C)C1CC1)c1ccccc1. The molecule has 1 aliphatic carbocycles. The van der Waals surface area contributed by atoms with Crippen LogP contribution in [0.5, 0.6) is 0 Å². The van der Waals surface area contributed by atoms with Crippen molar-refractivity contribution in [3.8, 4) is 0 Å². The third kappa shape index (κ3) is 2.36. The van der Waals surface area contributed by atoms with Crippen molar-refractivity contribution >= 4 is 0 Å². The smallest absolute Gasteiger partial charge is 0.0294 e. The molecule has 0 unspecified atom stereocenters. The van der Waals surface area contributed by atoms with E-state index in [9.17, 15) is 0 Å². The van der Waals surface area contributed by atoms with Crippen LogP contribution in [0.15, 0.2) is 30.3 Å². The molecule has 0 amide bonds. The maximum absolute atomic E-state index is 3.66. The van der Waals surface area contributed by atoms with Crippen LogP contribution in [0.2, 0.25) is 0 Å². The topological polar surface area (TPSA) is 12.0 Å². The third-order valence-electron chi connectivity index (χ3n) is 3.14. The first kappa shape index (κ1) is 9.72. The van der Waals surface area contributed by atoms with E-state index in [1.165, 1.54) is 18.4 Å². The molecular formula is C13H19N. The van der Waals surface area contributed by atoms with Gasteiger partial charge in [0, 0.05) is 12.1 Å². The minimum Gasteiger partial charge on any atom is -0.307 e. The minimum absolute atomic E-state index is 0.479. The highest BCUT2D eigenvalue weighted by Gasteiger charge is 2.28. The van der Waals surface area contributed by atoms with Gasteiger partial charge in [0.1, 0.15) is 0 Å². The van der Waals surface area contributed by atoms with E-state index in [0.29, 0.717) is 12.1 Å². The molecule has 1 nitrogen and oxygen atoms in total. The number of rotatable bonds is 4. The van der Waals surface area contributed by atoms with Gasteiger partial charge in [0.2, 0.25) is 0 Å². The molecule has 0 spiro atoms. The lowest BCUT2D eigenvalue weighted by molar-refractivity contribution is 0.441. The lowest BCUT2D eigenvalue weighted by atomic mass is 10.1. The number of hydrogen-bond donors (Lipinski definition) is 1. The highest BCUT2D eigenvalue weighted by Crippen LogP contribution is 2.33. The summed E-state index contributed by atoms with van der Waals surface area (Å²) in [6, 6.07) is 11.8. The van der Waals surface area contributed by atoms with Gasteiger partial charge in [-0.25, -0.2) is 0 Å². The lowest BCUT2D eigenvalue weighted by Crippen LogP contribution is -2.30. The average molecular weight is 189 g/mol. The van der Waals surface area contributed by atoms with Crippen molar-refractivity contribution in [2.24, 2.45) is 5.92 Å². The molecule has 0 saturated heterocycles. The first-order chi connectivity index (χ1) is 6.77. The Balaban J connectivity index is 1.91. The van der Waals surface area contributed by atoms with E-state index >= 15 is 0 Å². The molecule has 0 radical (unpaired) electrons. The van der Waals surface area contributed by atoms with Crippen molar-refractivity contribution in [1.29, 1.82) is 0 Å². The Morgan fingerprint density at radius 1 is 1.14 bits per heavy atom. The van der Waals surface area contributed by atoms with Crippen LogP contribution in [0.25, 0.3) is 0 Å². The van der Waals surface area contributed by atoms with Crippen LogP contribution >= 0.6 is 0 Å². The van der Waals surface area contributed by atoms with Gasteiger partial charge in [-0.05, 0) is 38.2 Å². The average Bonchev–Trinajstić information content (AvgIpc) is 3.02. The third-order valence-corrected chi connectivity index (χ3v) is 3.14. The molecular weight excluding hydrogens is 170 g/mol. The fourth-order valence-electron chi connectivity index (χ4n) is 1.96. The molecule has 76 valence electrons. The zero-order valence-corrected chi connectivity index (χ0v) is 9.03. The molecule has 0 aliphatic heterocycles. The summed E-state index contributed by atoms with van der Waals surface area (Å²) in [6.45, 7) is 4.55. The van der Waals surface area contributed by atoms with Gasteiger partial charge >= 0.3 is 0 Å². The van der Waals surface area contributed by atoms with E-state index in [-0.39, 0.29) is 0 Å². The van der Waals surface area contributed by atoms with Gasteiger partial charge in [-0.2, -0.15) is 0 Å². The molecule has 0 heterocycles. The molecule has 2 rings (SSSR count). The lowest BCUT2D eigenvalue weighted by Gasteiger charge is -2.19. The molecule has 1 fully saturated rings. The molecule has 2 atom stereocenters. The first-order valence-electron chi connectivity index (χ1n) is 5.58. The Morgan fingerprint density at radius 3 is 2.36 bits per heavy atom. The van der Waals surface area contributed by atoms with Crippen LogP contribution in [0.3, 0.4) is 0 Å². The quantitative estimate of drug-likeness (QED) is 0.767. The molecule has 0 bridgehead atoms. The standard InChI is InChI=1S/C13H19N/c1-10(12-6-4-3-5-7-12)14-11(2)13-8-9-13/h3-7,10-11,13-14H,8-9H2,1-2H3/t10-,11-/m0/s1. The predicted molar refractivity (Wildman–Crippen MR) is 60.2 cm³/mol. The molecule has 1 saturated carbocycles. The summed E-state index contributed by atoms with van der Waals surface area (Å²) in [5.41, 5.74) is 1.39. The van der Waals surface area contributed by atoms with Gasteiger partial charge in [-0.15, -0.1) is 0 Å². The minimum atomic E-state index is 0.479. The van der Waals surface area contributed by atoms with Crippen LogP contribution in [0.4, 0.5) is 0 Å². The Kier molecular flexibility index (Phi) is 2.87. The zero-order chi connectivity index (χ0) is 9.97. The van der Waals surface area contributed by atoms with Crippen LogP contribution in [-0.2, 0) is 0 Å². The highest BCUT2D eigenvalue weighted by molar-refractivity contribution is 5.18. The number of nitrogens with one attached hydrogen (secondary N) is 1. The van der Waals surface area contributed by atoms with Crippen molar-refractivity contribution in [2.75, 3.05) is 0 Å². The zero-order valence-electron chi connectivity index (χ0n) is 9.03. The van der Waals surface area contributed by atoms with Crippen LogP contribution in [0, 0.1) is 5.92 Å². The van der Waals surface area contributed by atoms with Crippen LogP contribution in [0.1, 0.15) is 38.3 Å². The monoisotopic (exact) mass is 189 g/mol. The van der Waals surface area contributed by atoms with Crippen LogP contribution < -0.4 is 5.32 Å². The summed E-state index contributed by atoms with van der Waals surface area (Å²) in [5.74, 6) is 0.932. The number of hydrogen-bond acceptors (Lipinski definition) is 1. The molecule has 1 heteroatoms. The summed E-state index contributed by atoms with van der Waals surface area (Å²) in [4.78, 5) is 0. The van der Waals surface area contributed by atoms with E-state index < -0.39 is 0 Å². The van der Waals surface area contributed by atoms with Crippen molar-refractivity contribution in [1.82, 2.24) is 5.32 Å². The van der Waals surface area contributed by atoms with Gasteiger partial charge in [0.15, 0.2) is 0 Å². The van der Waals surface area contributed by atoms with Gasteiger partial charge in [-0.1, -0.05) is 30.3 Å². The maximum atomic E-state index is 3.66. The fourth-order valence-corrected chi connectivity index (χ4v) is 1.96. The Labute approximate surface area is 86.5 Å². The molecule has 1 aliphatic rings. The van der Waals surface area contributed by atoms with E-state index in [1.807, 2.05) is 0 Å². The molecule has 1 aromatic rings. The van der Waals surface area contributed by atoms with Gasteiger partial charge in [0.25, 0.3) is 0 Å². The molecule has 0 aromatic heterocycles. The number of benzene rings is 1. The summed E-state index contributed by atoms with van der Waals surface area (Å²) < 4.78 is 0. The second-order valence-electron chi connectivity index (χ2n) is 4.43. The summed E-state index contributed by atoms with van der Waals surface area (Å²) >= 11 is 0. The van der Waals surface area contributed by atoms with E-state index in [2.05, 4.69) is 49.5 Å². The maximum Gasteiger partial charge on any atom is 0.0294 e. The Bertz CT molecular complexity index is 277. The molecule has 14 heavy (non-hydrogen) atoms. The van der Waals surface area contributed by atoms with Crippen LogP contribution in [-0.4, -0.2) is 6.04 Å². The van der Waals surface area contributed by atoms with Crippen molar-refractivity contribution in [2.45, 2.75) is 38.8 Å². The predicted octanol–water partition coefficient (Wildman–Crippen LogP) is 3.14. The second-order valence-corrected chi connectivity index (χ2v) is 4.43. The summed E-state index contributed by atoms with van der Waals surface area (Å²) in [5, 5.41) is 3.66. The fraction of sp³-hybridized carbons (Fsp3) is 0.538. The van der Waals surface area contributed by atoms with Gasteiger partial charge < -0.3 is 5.32 Å². The van der Waals surface area contributed by atoms with Gasteiger partial charge in [0.05, 0.1) is 0 Å². The van der Waals surface area contributed by atoms with Crippen molar-refractivity contribution < 1.29 is 0 Å². The largest absolute Gasteiger partial charge is 0.307 e. The Morgan fingerprint density at radius 2 is 1.79 bits per heavy atom.